The largest absolute Gasteiger partial charge is 0.330 e. The Balaban J connectivity index is 1.78. The third kappa shape index (κ3) is 2.94. The minimum Gasteiger partial charge on any atom is -0.330 e. The molecule has 1 heterocycles. The van der Waals surface area contributed by atoms with Gasteiger partial charge in [0.2, 0.25) is 0 Å². The van der Waals surface area contributed by atoms with E-state index in [0.29, 0.717) is 5.41 Å². The maximum Gasteiger partial charge on any atom is 0.00501 e. The van der Waals surface area contributed by atoms with Crippen LogP contribution in [0.4, 0.5) is 0 Å². The molecule has 2 fully saturated rings. The maximum absolute atomic E-state index is 5.85. The van der Waals surface area contributed by atoms with Gasteiger partial charge in [-0.15, -0.1) is 0 Å². The molecule has 1 saturated heterocycles. The molecule has 2 rings (SSSR count). The van der Waals surface area contributed by atoms with Crippen molar-refractivity contribution in [1.82, 2.24) is 4.90 Å². The first-order chi connectivity index (χ1) is 7.28. The highest BCUT2D eigenvalue weighted by Gasteiger charge is 2.42. The molecule has 1 aliphatic carbocycles. The van der Waals surface area contributed by atoms with Crippen LogP contribution in [-0.4, -0.2) is 31.1 Å². The Morgan fingerprint density at radius 3 is 2.67 bits per heavy atom. The Labute approximate surface area is 94.2 Å². The first kappa shape index (κ1) is 11.4. The van der Waals surface area contributed by atoms with Crippen LogP contribution >= 0.6 is 0 Å². The quantitative estimate of drug-likeness (QED) is 0.771. The lowest BCUT2D eigenvalue weighted by Gasteiger charge is -2.25. The summed E-state index contributed by atoms with van der Waals surface area (Å²) in [5, 5.41) is 0. The van der Waals surface area contributed by atoms with E-state index in [-0.39, 0.29) is 0 Å². The standard InChI is InChI=1S/C13H26N2/c1-2-12-4-3-8-15(9-5-12)11-13(10-14)6-7-13/h12H,2-11,14H2,1H3. The van der Waals surface area contributed by atoms with Crippen LogP contribution in [0.15, 0.2) is 0 Å². The van der Waals surface area contributed by atoms with E-state index in [1.54, 1.807) is 0 Å². The summed E-state index contributed by atoms with van der Waals surface area (Å²) in [6.45, 7) is 7.15. The zero-order valence-electron chi connectivity index (χ0n) is 10.2. The molecular weight excluding hydrogens is 184 g/mol. The van der Waals surface area contributed by atoms with E-state index in [1.807, 2.05) is 0 Å². The number of hydrogen-bond acceptors (Lipinski definition) is 2. The zero-order chi connectivity index (χ0) is 10.7. The van der Waals surface area contributed by atoms with Crippen molar-refractivity contribution >= 4 is 0 Å². The molecule has 1 aliphatic heterocycles. The van der Waals surface area contributed by atoms with Crippen LogP contribution in [-0.2, 0) is 0 Å². The fraction of sp³-hybridized carbons (Fsp3) is 1.00. The van der Waals surface area contributed by atoms with Gasteiger partial charge in [0.15, 0.2) is 0 Å². The second-order valence-corrected chi connectivity index (χ2v) is 5.69. The van der Waals surface area contributed by atoms with Crippen molar-refractivity contribution in [1.29, 1.82) is 0 Å². The summed E-state index contributed by atoms with van der Waals surface area (Å²) in [5.41, 5.74) is 6.39. The predicted molar refractivity (Wildman–Crippen MR) is 64.8 cm³/mol. The van der Waals surface area contributed by atoms with Gasteiger partial charge in [-0.1, -0.05) is 13.3 Å². The van der Waals surface area contributed by atoms with Crippen molar-refractivity contribution in [3.8, 4) is 0 Å². The first-order valence-electron chi connectivity index (χ1n) is 6.70. The monoisotopic (exact) mass is 210 g/mol. The molecule has 0 aromatic rings. The Bertz CT molecular complexity index is 199. The third-order valence-electron chi connectivity index (χ3n) is 4.47. The van der Waals surface area contributed by atoms with E-state index in [2.05, 4.69) is 11.8 Å². The van der Waals surface area contributed by atoms with E-state index in [9.17, 15) is 0 Å². The normalized spacial score (nSPS) is 31.2. The predicted octanol–water partition coefficient (Wildman–Crippen LogP) is 2.24. The molecule has 0 aromatic carbocycles. The molecule has 2 N–H and O–H groups in total. The lowest BCUT2D eigenvalue weighted by molar-refractivity contribution is 0.227. The molecule has 0 aromatic heterocycles. The van der Waals surface area contributed by atoms with E-state index < -0.39 is 0 Å². The third-order valence-corrected chi connectivity index (χ3v) is 4.47. The molecule has 15 heavy (non-hydrogen) atoms. The molecular formula is C13H26N2. The average Bonchev–Trinajstić information content (AvgIpc) is 3.04. The van der Waals surface area contributed by atoms with Gasteiger partial charge in [-0.2, -0.15) is 0 Å². The van der Waals surface area contributed by atoms with Crippen LogP contribution in [0.5, 0.6) is 0 Å². The van der Waals surface area contributed by atoms with Crippen molar-refractivity contribution < 1.29 is 0 Å². The highest BCUT2D eigenvalue weighted by atomic mass is 15.1. The second kappa shape index (κ2) is 4.84. The first-order valence-corrected chi connectivity index (χ1v) is 6.70. The van der Waals surface area contributed by atoms with Crippen molar-refractivity contribution in [3.63, 3.8) is 0 Å². The van der Waals surface area contributed by atoms with Gasteiger partial charge in [-0.25, -0.2) is 0 Å². The van der Waals surface area contributed by atoms with Crippen molar-refractivity contribution in [2.45, 2.75) is 45.4 Å². The van der Waals surface area contributed by atoms with Gasteiger partial charge >= 0.3 is 0 Å². The molecule has 2 heteroatoms. The summed E-state index contributed by atoms with van der Waals surface area (Å²) in [6, 6.07) is 0. The van der Waals surface area contributed by atoms with Gasteiger partial charge in [0.1, 0.15) is 0 Å². The Morgan fingerprint density at radius 1 is 1.27 bits per heavy atom. The number of nitrogens with zero attached hydrogens (tertiary/aromatic N) is 1. The molecule has 0 spiro atoms. The van der Waals surface area contributed by atoms with Gasteiger partial charge in [0.05, 0.1) is 0 Å². The fourth-order valence-corrected chi connectivity index (χ4v) is 2.87. The average molecular weight is 210 g/mol. The van der Waals surface area contributed by atoms with Crippen molar-refractivity contribution in [3.05, 3.63) is 0 Å². The molecule has 0 bridgehead atoms. The molecule has 88 valence electrons. The van der Waals surface area contributed by atoms with E-state index >= 15 is 0 Å². The summed E-state index contributed by atoms with van der Waals surface area (Å²) in [4.78, 5) is 2.68. The molecule has 1 unspecified atom stereocenters. The molecule has 0 amide bonds. The second-order valence-electron chi connectivity index (χ2n) is 5.69. The zero-order valence-corrected chi connectivity index (χ0v) is 10.2. The van der Waals surface area contributed by atoms with Crippen LogP contribution in [0.25, 0.3) is 0 Å². The summed E-state index contributed by atoms with van der Waals surface area (Å²) in [6.07, 6.45) is 8.38. The van der Waals surface area contributed by atoms with Gasteiger partial charge < -0.3 is 10.6 Å². The van der Waals surface area contributed by atoms with Gasteiger partial charge in [0, 0.05) is 6.54 Å². The number of nitrogens with two attached hydrogens (primary N) is 1. The molecule has 1 atom stereocenters. The summed E-state index contributed by atoms with van der Waals surface area (Å²) >= 11 is 0. The molecule has 0 radical (unpaired) electrons. The highest BCUT2D eigenvalue weighted by molar-refractivity contribution is 4.96. The van der Waals surface area contributed by atoms with Crippen LogP contribution in [0.3, 0.4) is 0 Å². The minimum absolute atomic E-state index is 0.534. The Kier molecular flexibility index (Phi) is 3.68. The van der Waals surface area contributed by atoms with E-state index in [1.165, 1.54) is 58.2 Å². The number of rotatable bonds is 4. The molecule has 2 nitrogen and oxygen atoms in total. The van der Waals surface area contributed by atoms with Crippen molar-refractivity contribution in [2.75, 3.05) is 26.2 Å². The summed E-state index contributed by atoms with van der Waals surface area (Å²) in [7, 11) is 0. The maximum atomic E-state index is 5.85. The Hall–Kier alpha value is -0.0800. The van der Waals surface area contributed by atoms with Gasteiger partial charge in [-0.05, 0) is 63.1 Å². The topological polar surface area (TPSA) is 29.3 Å². The summed E-state index contributed by atoms with van der Waals surface area (Å²) < 4.78 is 0. The van der Waals surface area contributed by atoms with E-state index in [0.717, 1.165) is 12.5 Å². The number of likely N-dealkylation sites (tertiary alicyclic amines) is 1. The van der Waals surface area contributed by atoms with E-state index in [4.69, 9.17) is 5.73 Å². The molecule has 2 aliphatic rings. The van der Waals surface area contributed by atoms with Gasteiger partial charge in [-0.3, -0.25) is 0 Å². The van der Waals surface area contributed by atoms with Crippen molar-refractivity contribution in [2.24, 2.45) is 17.1 Å². The summed E-state index contributed by atoms with van der Waals surface area (Å²) in [5.74, 6) is 0.989. The SMILES string of the molecule is CCC1CCCN(CC2(CN)CC2)CC1. The molecule has 1 saturated carbocycles. The van der Waals surface area contributed by atoms with Crippen LogP contribution in [0.2, 0.25) is 0 Å². The van der Waals surface area contributed by atoms with Gasteiger partial charge in [0.25, 0.3) is 0 Å². The van der Waals surface area contributed by atoms with Crippen LogP contribution in [0.1, 0.15) is 45.4 Å². The number of hydrogen-bond donors (Lipinski definition) is 1. The Morgan fingerprint density at radius 2 is 2.07 bits per heavy atom. The van der Waals surface area contributed by atoms with Crippen LogP contribution in [0, 0.1) is 11.3 Å². The highest BCUT2D eigenvalue weighted by Crippen LogP contribution is 2.45. The lowest BCUT2D eigenvalue weighted by Crippen LogP contribution is -2.35. The fourth-order valence-electron chi connectivity index (χ4n) is 2.87. The minimum atomic E-state index is 0.534. The van der Waals surface area contributed by atoms with Crippen LogP contribution < -0.4 is 5.73 Å². The smallest absolute Gasteiger partial charge is 0.00501 e. The lowest BCUT2D eigenvalue weighted by atomic mass is 9.98.